The van der Waals surface area contributed by atoms with Crippen molar-refractivity contribution in [3.63, 3.8) is 0 Å². The van der Waals surface area contributed by atoms with Crippen molar-refractivity contribution in [2.75, 3.05) is 11.4 Å². The van der Waals surface area contributed by atoms with E-state index in [0.717, 1.165) is 30.5 Å². The summed E-state index contributed by atoms with van der Waals surface area (Å²) in [6, 6.07) is 11.5. The molecule has 2 aliphatic carbocycles. The van der Waals surface area contributed by atoms with Crippen LogP contribution in [0.2, 0.25) is 0 Å². The van der Waals surface area contributed by atoms with Crippen molar-refractivity contribution < 1.29 is 9.72 Å². The van der Waals surface area contributed by atoms with Gasteiger partial charge in [-0.3, -0.25) is 14.9 Å². The Morgan fingerprint density at radius 1 is 1.03 bits per heavy atom. The summed E-state index contributed by atoms with van der Waals surface area (Å²) in [6.45, 7) is 2.63. The van der Waals surface area contributed by atoms with E-state index in [0.29, 0.717) is 17.8 Å². The molecule has 5 nitrogen and oxygen atoms in total. The molecule has 0 saturated carbocycles. The van der Waals surface area contributed by atoms with Crippen molar-refractivity contribution in [1.82, 2.24) is 0 Å². The van der Waals surface area contributed by atoms with Crippen LogP contribution >= 0.6 is 0 Å². The number of fused-ring (bicyclic) bond motifs is 4. The number of anilines is 1. The van der Waals surface area contributed by atoms with Crippen LogP contribution < -0.4 is 4.90 Å². The van der Waals surface area contributed by atoms with Crippen LogP contribution in [0.5, 0.6) is 0 Å². The Morgan fingerprint density at radius 2 is 1.71 bits per heavy atom. The van der Waals surface area contributed by atoms with Gasteiger partial charge in [0.1, 0.15) is 0 Å². The van der Waals surface area contributed by atoms with Crippen molar-refractivity contribution in [3.8, 4) is 0 Å². The summed E-state index contributed by atoms with van der Waals surface area (Å²) in [7, 11) is 0. The molecule has 0 aromatic heterocycles. The Kier molecular flexibility index (Phi) is 3.98. The third-order valence-electron chi connectivity index (χ3n) is 7.70. The molecule has 0 radical (unpaired) electrons. The highest BCUT2D eigenvalue weighted by molar-refractivity contribution is 5.95. The number of benzene rings is 2. The number of non-ortho nitro benzene ring substituents is 1. The standard InChI is InChI=1S/C26H24N2O3/c1-15(29)18-12-23-20-5-2-4-17(20)14-27-25(16-8-10-19(11-9-16)28(30)31)22-7-3-6-21(22)24(13-18)26(23)27/h2-3,5-6,8-13,17,20-22,25H,4,7,14H2,1H3/t17-,20+,21-,22-,25+/m1/s1. The molecule has 5 heteroatoms. The lowest BCUT2D eigenvalue weighted by molar-refractivity contribution is -0.384. The number of nitrogens with zero attached hydrogens (tertiary/aromatic N) is 2. The summed E-state index contributed by atoms with van der Waals surface area (Å²) in [6.07, 6.45) is 11.2. The Hall–Kier alpha value is -3.21. The largest absolute Gasteiger partial charge is 0.363 e. The number of carbonyl (C=O) groups is 1. The molecule has 0 N–H and O–H groups in total. The van der Waals surface area contributed by atoms with Crippen molar-refractivity contribution in [1.29, 1.82) is 0 Å². The first-order valence-electron chi connectivity index (χ1n) is 11.1. The Morgan fingerprint density at radius 3 is 2.42 bits per heavy atom. The molecule has 2 heterocycles. The van der Waals surface area contributed by atoms with Gasteiger partial charge < -0.3 is 4.90 Å². The minimum atomic E-state index is -0.336. The number of nitro groups is 1. The van der Waals surface area contributed by atoms with Gasteiger partial charge in [-0.05, 0) is 60.4 Å². The number of rotatable bonds is 3. The summed E-state index contributed by atoms with van der Waals surface area (Å²) in [5.74, 6) is 1.63. The maximum absolute atomic E-state index is 12.4. The number of carbonyl (C=O) groups excluding carboxylic acids is 1. The van der Waals surface area contributed by atoms with E-state index in [-0.39, 0.29) is 28.4 Å². The van der Waals surface area contributed by atoms with E-state index in [1.54, 1.807) is 19.1 Å². The molecule has 0 bridgehead atoms. The van der Waals surface area contributed by atoms with Crippen LogP contribution in [0.25, 0.3) is 0 Å². The second-order valence-electron chi connectivity index (χ2n) is 9.31. The van der Waals surface area contributed by atoms with Gasteiger partial charge >= 0.3 is 0 Å². The summed E-state index contributed by atoms with van der Waals surface area (Å²) in [5.41, 5.74) is 5.92. The maximum atomic E-state index is 12.4. The zero-order chi connectivity index (χ0) is 21.3. The molecule has 0 saturated heterocycles. The number of hydrogen-bond acceptors (Lipinski definition) is 4. The fourth-order valence-electron chi connectivity index (χ4n) is 6.35. The first kappa shape index (κ1) is 18.6. The predicted octanol–water partition coefficient (Wildman–Crippen LogP) is 5.69. The van der Waals surface area contributed by atoms with Crippen LogP contribution in [0.3, 0.4) is 0 Å². The topological polar surface area (TPSA) is 63.4 Å². The summed E-state index contributed by atoms with van der Waals surface area (Å²) >= 11 is 0. The summed E-state index contributed by atoms with van der Waals surface area (Å²) < 4.78 is 0. The number of allylic oxidation sites excluding steroid dienone is 4. The van der Waals surface area contributed by atoms with Gasteiger partial charge in [-0.2, -0.15) is 0 Å². The van der Waals surface area contributed by atoms with Crippen molar-refractivity contribution in [2.24, 2.45) is 11.8 Å². The lowest BCUT2D eigenvalue weighted by Crippen LogP contribution is -2.46. The first-order valence-corrected chi connectivity index (χ1v) is 11.1. The van der Waals surface area contributed by atoms with Crippen LogP contribution in [0, 0.1) is 22.0 Å². The Bertz CT molecular complexity index is 1150. The third-order valence-corrected chi connectivity index (χ3v) is 7.70. The van der Waals surface area contributed by atoms with Gasteiger partial charge in [-0.15, -0.1) is 0 Å². The zero-order valence-electron chi connectivity index (χ0n) is 17.4. The molecule has 5 atom stereocenters. The van der Waals surface area contributed by atoms with E-state index in [2.05, 4.69) is 41.3 Å². The van der Waals surface area contributed by atoms with Gasteiger partial charge in [0, 0.05) is 41.8 Å². The SMILES string of the molecule is CC(=O)c1cc2c3c(c1)[C@@H]1C=CC[C@H]1[C@H](c1ccc([N+](=O)[O-])cc1)N3C[C@H]1CC=C[C@H]21. The van der Waals surface area contributed by atoms with Crippen LogP contribution in [0.1, 0.15) is 64.7 Å². The van der Waals surface area contributed by atoms with E-state index < -0.39 is 0 Å². The monoisotopic (exact) mass is 412 g/mol. The Labute approximate surface area is 181 Å². The maximum Gasteiger partial charge on any atom is 0.269 e. The van der Waals surface area contributed by atoms with E-state index in [9.17, 15) is 14.9 Å². The van der Waals surface area contributed by atoms with Gasteiger partial charge in [0.05, 0.1) is 11.0 Å². The van der Waals surface area contributed by atoms with E-state index in [1.807, 2.05) is 12.1 Å². The quantitative estimate of drug-likeness (QED) is 0.281. The highest BCUT2D eigenvalue weighted by atomic mass is 16.6. The third kappa shape index (κ3) is 2.65. The molecule has 2 aromatic carbocycles. The van der Waals surface area contributed by atoms with Crippen LogP contribution in [-0.4, -0.2) is 17.3 Å². The molecule has 0 fully saturated rings. The normalized spacial score (nSPS) is 29.5. The molecule has 31 heavy (non-hydrogen) atoms. The summed E-state index contributed by atoms with van der Waals surface area (Å²) in [4.78, 5) is 25.7. The lowest BCUT2D eigenvalue weighted by atomic mass is 9.70. The number of nitro benzene ring substituents is 1. The average molecular weight is 412 g/mol. The molecule has 2 aromatic rings. The minimum absolute atomic E-state index is 0.116. The highest BCUT2D eigenvalue weighted by Crippen LogP contribution is 2.59. The smallest absolute Gasteiger partial charge is 0.269 e. The highest BCUT2D eigenvalue weighted by Gasteiger charge is 2.47. The number of Topliss-reactive ketones (excluding diaryl/α,β-unsaturated/α-hetero) is 1. The van der Waals surface area contributed by atoms with Crippen molar-refractivity contribution in [3.05, 3.63) is 93.1 Å². The lowest BCUT2D eigenvalue weighted by Gasteiger charge is -2.51. The fourth-order valence-corrected chi connectivity index (χ4v) is 6.35. The second kappa shape index (κ2) is 6.64. The van der Waals surface area contributed by atoms with E-state index >= 15 is 0 Å². The van der Waals surface area contributed by atoms with Crippen molar-refractivity contribution in [2.45, 2.75) is 37.6 Å². The van der Waals surface area contributed by atoms with Gasteiger partial charge in [0.25, 0.3) is 5.69 Å². The van der Waals surface area contributed by atoms with Crippen LogP contribution in [-0.2, 0) is 0 Å². The van der Waals surface area contributed by atoms with Gasteiger partial charge in [0.2, 0.25) is 0 Å². The molecule has 6 rings (SSSR count). The Balaban J connectivity index is 1.55. The first-order chi connectivity index (χ1) is 15.0. The van der Waals surface area contributed by atoms with Gasteiger partial charge in [0.15, 0.2) is 5.78 Å². The molecule has 0 unspecified atom stereocenters. The fraction of sp³-hybridized carbons (Fsp3) is 0.346. The van der Waals surface area contributed by atoms with Crippen molar-refractivity contribution >= 4 is 17.2 Å². The zero-order valence-corrected chi connectivity index (χ0v) is 17.4. The second-order valence-corrected chi connectivity index (χ2v) is 9.31. The molecule has 0 amide bonds. The molecule has 2 aliphatic heterocycles. The number of hydrogen-bond donors (Lipinski definition) is 0. The molecule has 156 valence electrons. The van der Waals surface area contributed by atoms with Gasteiger partial charge in [-0.25, -0.2) is 0 Å². The van der Waals surface area contributed by atoms with E-state index in [4.69, 9.17) is 0 Å². The van der Waals surface area contributed by atoms with Crippen LogP contribution in [0.15, 0.2) is 60.7 Å². The average Bonchev–Trinajstić information content (AvgIpc) is 3.43. The van der Waals surface area contributed by atoms with Gasteiger partial charge in [-0.1, -0.05) is 36.4 Å². The predicted molar refractivity (Wildman–Crippen MR) is 120 cm³/mol. The number of ketones is 1. The molecule has 0 spiro atoms. The van der Waals surface area contributed by atoms with E-state index in [1.165, 1.54) is 16.8 Å². The molecule has 4 aliphatic rings. The molecular weight excluding hydrogens is 388 g/mol. The summed E-state index contributed by atoms with van der Waals surface area (Å²) in [5, 5.41) is 11.2. The van der Waals surface area contributed by atoms with Crippen LogP contribution in [0.4, 0.5) is 11.4 Å². The minimum Gasteiger partial charge on any atom is -0.363 e. The molecular formula is C26H24N2O3.